The first-order valence-corrected chi connectivity index (χ1v) is 15.6. The summed E-state index contributed by atoms with van der Waals surface area (Å²) in [5, 5.41) is 0. The molecule has 35 heavy (non-hydrogen) atoms. The summed E-state index contributed by atoms with van der Waals surface area (Å²) >= 11 is 0. The number of rotatable bonds is 12. The van der Waals surface area contributed by atoms with E-state index in [1.165, 1.54) is 0 Å². The van der Waals surface area contributed by atoms with Crippen molar-refractivity contribution >= 4 is 31.4 Å². The number of furan rings is 1. The Labute approximate surface area is 209 Å². The molecule has 0 aliphatic heterocycles. The predicted octanol–water partition coefficient (Wildman–Crippen LogP) is 6.04. The van der Waals surface area contributed by atoms with Gasteiger partial charge in [-0.05, 0) is 73.2 Å². The van der Waals surface area contributed by atoms with Crippen molar-refractivity contribution in [1.82, 2.24) is 0 Å². The number of nitrogens with one attached hydrogen (secondary N) is 2. The van der Waals surface area contributed by atoms with Crippen LogP contribution >= 0.6 is 0 Å². The molecule has 0 radical (unpaired) electrons. The van der Waals surface area contributed by atoms with Gasteiger partial charge in [-0.1, -0.05) is 38.8 Å². The summed E-state index contributed by atoms with van der Waals surface area (Å²) in [6.45, 7) is 4.25. The number of sulfonamides is 2. The molecule has 3 aromatic rings. The largest absolute Gasteiger partial charge is 0.456 e. The van der Waals surface area contributed by atoms with Gasteiger partial charge in [-0.2, -0.15) is 0 Å². The van der Waals surface area contributed by atoms with Gasteiger partial charge >= 0.3 is 0 Å². The standard InChI is InChI=1S/C26H34N2O5S2/c1-5-7-9-19-11-13-21(27-34(3,29)30)17-23(19)25-15-16-26(33-25)24-18-22(28-35(4,31)32)14-12-20(24)10-8-6-2/h11-18,27-28H,5-10H2,1-4H3. The zero-order valence-electron chi connectivity index (χ0n) is 20.7. The Kier molecular flexibility index (Phi) is 8.66. The topological polar surface area (TPSA) is 105 Å². The average Bonchev–Trinajstić information content (AvgIpc) is 3.25. The van der Waals surface area contributed by atoms with Crippen LogP contribution in [0.4, 0.5) is 11.4 Å². The fourth-order valence-electron chi connectivity index (χ4n) is 3.96. The van der Waals surface area contributed by atoms with Gasteiger partial charge in [-0.25, -0.2) is 16.8 Å². The lowest BCUT2D eigenvalue weighted by atomic mass is 9.99. The van der Waals surface area contributed by atoms with Crippen LogP contribution in [-0.2, 0) is 32.9 Å². The second-order valence-corrected chi connectivity index (χ2v) is 12.4. The van der Waals surface area contributed by atoms with Gasteiger partial charge in [0.25, 0.3) is 0 Å². The van der Waals surface area contributed by atoms with E-state index >= 15 is 0 Å². The van der Waals surface area contributed by atoms with E-state index in [1.54, 1.807) is 24.3 Å². The Bertz CT molecular complexity index is 1270. The van der Waals surface area contributed by atoms with E-state index in [4.69, 9.17) is 4.42 Å². The molecule has 2 N–H and O–H groups in total. The third-order valence-corrected chi connectivity index (χ3v) is 6.78. The Morgan fingerprint density at radius 2 is 1.06 bits per heavy atom. The molecule has 0 spiro atoms. The number of benzene rings is 2. The van der Waals surface area contributed by atoms with Crippen LogP contribution in [0.25, 0.3) is 22.6 Å². The van der Waals surface area contributed by atoms with Crippen LogP contribution in [0.2, 0.25) is 0 Å². The summed E-state index contributed by atoms with van der Waals surface area (Å²) in [5.74, 6) is 1.26. The SMILES string of the molecule is CCCCc1ccc(NS(C)(=O)=O)cc1-c1ccc(-c2cc(NS(C)(=O)=O)ccc2CCCC)o1. The van der Waals surface area contributed by atoms with Gasteiger partial charge in [-0.3, -0.25) is 9.44 Å². The quantitative estimate of drug-likeness (QED) is 0.304. The third-order valence-electron chi connectivity index (χ3n) is 5.56. The monoisotopic (exact) mass is 518 g/mol. The number of hydrogen-bond donors (Lipinski definition) is 2. The van der Waals surface area contributed by atoms with Crippen molar-refractivity contribution in [2.75, 3.05) is 22.0 Å². The Balaban J connectivity index is 2.07. The van der Waals surface area contributed by atoms with E-state index < -0.39 is 20.0 Å². The summed E-state index contributed by atoms with van der Waals surface area (Å²) in [6.07, 6.45) is 8.00. The van der Waals surface area contributed by atoms with Crippen molar-refractivity contribution in [2.45, 2.75) is 52.4 Å². The number of unbranched alkanes of at least 4 members (excludes halogenated alkanes) is 2. The Morgan fingerprint density at radius 3 is 1.40 bits per heavy atom. The molecule has 0 atom stereocenters. The minimum atomic E-state index is -3.41. The molecule has 9 heteroatoms. The smallest absolute Gasteiger partial charge is 0.229 e. The molecule has 7 nitrogen and oxygen atoms in total. The van der Waals surface area contributed by atoms with Crippen LogP contribution in [0, 0.1) is 0 Å². The van der Waals surface area contributed by atoms with Crippen molar-refractivity contribution in [1.29, 1.82) is 0 Å². The van der Waals surface area contributed by atoms with Crippen LogP contribution in [0.1, 0.15) is 50.7 Å². The molecule has 3 rings (SSSR count). The molecule has 0 aliphatic carbocycles. The van der Waals surface area contributed by atoms with E-state index in [0.29, 0.717) is 22.9 Å². The second kappa shape index (κ2) is 11.3. The van der Waals surface area contributed by atoms with Gasteiger partial charge in [0, 0.05) is 22.5 Å². The first kappa shape index (κ1) is 26.8. The number of hydrogen-bond acceptors (Lipinski definition) is 5. The van der Waals surface area contributed by atoms with Gasteiger partial charge in [0.1, 0.15) is 11.5 Å². The van der Waals surface area contributed by atoms with E-state index in [-0.39, 0.29) is 0 Å². The lowest BCUT2D eigenvalue weighted by Gasteiger charge is -2.12. The van der Waals surface area contributed by atoms with Gasteiger partial charge in [0.05, 0.1) is 12.5 Å². The van der Waals surface area contributed by atoms with Crippen LogP contribution in [0.5, 0.6) is 0 Å². The highest BCUT2D eigenvalue weighted by atomic mass is 32.2. The summed E-state index contributed by atoms with van der Waals surface area (Å²) < 4.78 is 58.5. The van der Waals surface area contributed by atoms with Gasteiger partial charge in [0.2, 0.25) is 20.0 Å². The lowest BCUT2D eigenvalue weighted by Crippen LogP contribution is -2.09. The minimum Gasteiger partial charge on any atom is -0.456 e. The van der Waals surface area contributed by atoms with Crippen LogP contribution in [0.3, 0.4) is 0 Å². The first-order chi connectivity index (χ1) is 16.5. The Morgan fingerprint density at radius 1 is 0.657 bits per heavy atom. The molecule has 0 saturated heterocycles. The molecule has 0 aliphatic rings. The molecule has 0 fully saturated rings. The van der Waals surface area contributed by atoms with Crippen LogP contribution in [-0.4, -0.2) is 29.3 Å². The van der Waals surface area contributed by atoms with Crippen molar-refractivity contribution in [3.8, 4) is 22.6 Å². The molecule has 1 aromatic heterocycles. The highest BCUT2D eigenvalue weighted by Crippen LogP contribution is 2.36. The molecule has 0 saturated carbocycles. The van der Waals surface area contributed by atoms with E-state index in [1.807, 2.05) is 24.3 Å². The fourth-order valence-corrected chi connectivity index (χ4v) is 5.07. The molecule has 2 aromatic carbocycles. The second-order valence-electron chi connectivity index (χ2n) is 8.86. The zero-order valence-corrected chi connectivity index (χ0v) is 22.4. The zero-order chi connectivity index (χ0) is 25.6. The molecular weight excluding hydrogens is 484 g/mol. The normalized spacial score (nSPS) is 12.0. The fraction of sp³-hybridized carbons (Fsp3) is 0.385. The summed E-state index contributed by atoms with van der Waals surface area (Å²) in [7, 11) is -6.83. The van der Waals surface area contributed by atoms with Crippen molar-refractivity contribution < 1.29 is 21.3 Å². The van der Waals surface area contributed by atoms with E-state index in [0.717, 1.165) is 73.3 Å². The molecular formula is C26H34N2O5S2. The maximum absolute atomic E-state index is 11.8. The predicted molar refractivity (Wildman–Crippen MR) is 144 cm³/mol. The molecule has 190 valence electrons. The van der Waals surface area contributed by atoms with E-state index in [9.17, 15) is 16.8 Å². The maximum Gasteiger partial charge on any atom is 0.229 e. The van der Waals surface area contributed by atoms with E-state index in [2.05, 4.69) is 23.3 Å². The van der Waals surface area contributed by atoms with Crippen LogP contribution in [0.15, 0.2) is 52.9 Å². The molecule has 0 amide bonds. The van der Waals surface area contributed by atoms with Gasteiger partial charge in [-0.15, -0.1) is 0 Å². The number of anilines is 2. The minimum absolute atomic E-state index is 0.476. The first-order valence-electron chi connectivity index (χ1n) is 11.8. The third kappa shape index (κ3) is 7.86. The number of aryl methyl sites for hydroxylation is 2. The lowest BCUT2D eigenvalue weighted by molar-refractivity contribution is 0.594. The summed E-state index contributed by atoms with van der Waals surface area (Å²) in [6, 6.07) is 14.8. The van der Waals surface area contributed by atoms with Gasteiger partial charge in [0.15, 0.2) is 0 Å². The van der Waals surface area contributed by atoms with Crippen molar-refractivity contribution in [2.24, 2.45) is 0 Å². The average molecular weight is 519 g/mol. The van der Waals surface area contributed by atoms with Crippen molar-refractivity contribution in [3.05, 3.63) is 59.7 Å². The van der Waals surface area contributed by atoms with Crippen molar-refractivity contribution in [3.63, 3.8) is 0 Å². The summed E-state index contributed by atoms with van der Waals surface area (Å²) in [5.41, 5.74) is 4.76. The summed E-state index contributed by atoms with van der Waals surface area (Å²) in [4.78, 5) is 0. The maximum atomic E-state index is 11.8. The Hall–Kier alpha value is -2.78. The van der Waals surface area contributed by atoms with Gasteiger partial charge < -0.3 is 4.42 Å². The molecule has 1 heterocycles. The molecule has 0 bridgehead atoms. The molecule has 0 unspecified atom stereocenters. The van der Waals surface area contributed by atoms with Crippen LogP contribution < -0.4 is 9.44 Å². The highest BCUT2D eigenvalue weighted by molar-refractivity contribution is 7.92. The highest BCUT2D eigenvalue weighted by Gasteiger charge is 2.16.